The highest BCUT2D eigenvalue weighted by Gasteiger charge is 2.17. The van der Waals surface area contributed by atoms with Gasteiger partial charge in [0.2, 0.25) is 0 Å². The van der Waals surface area contributed by atoms with Gasteiger partial charge in [-0.1, -0.05) is 18.2 Å². The summed E-state index contributed by atoms with van der Waals surface area (Å²) in [4.78, 5) is 12.1. The van der Waals surface area contributed by atoms with Crippen LogP contribution in [0.5, 0.6) is 0 Å². The van der Waals surface area contributed by atoms with Crippen molar-refractivity contribution in [1.29, 1.82) is 0 Å². The fourth-order valence-electron chi connectivity index (χ4n) is 1.21. The Kier molecular flexibility index (Phi) is 3.06. The van der Waals surface area contributed by atoms with E-state index in [1.165, 1.54) is 11.0 Å². The van der Waals surface area contributed by atoms with Gasteiger partial charge in [-0.2, -0.15) is 0 Å². The van der Waals surface area contributed by atoms with Crippen LogP contribution in [0, 0.1) is 5.82 Å². The summed E-state index contributed by atoms with van der Waals surface area (Å²) in [5, 5.41) is 0. The van der Waals surface area contributed by atoms with Crippen molar-refractivity contribution in [2.75, 3.05) is 7.05 Å². The van der Waals surface area contributed by atoms with Crippen molar-refractivity contribution in [3.8, 4) is 0 Å². The van der Waals surface area contributed by atoms with E-state index in [0.29, 0.717) is 5.56 Å². The molecule has 1 atom stereocenters. The van der Waals surface area contributed by atoms with E-state index in [1.54, 1.807) is 32.2 Å². The molecule has 4 heteroatoms. The van der Waals surface area contributed by atoms with Gasteiger partial charge in [-0.3, -0.25) is 0 Å². The first kappa shape index (κ1) is 10.5. The van der Waals surface area contributed by atoms with Crippen LogP contribution in [0.2, 0.25) is 0 Å². The first-order valence-electron chi connectivity index (χ1n) is 4.30. The summed E-state index contributed by atoms with van der Waals surface area (Å²) in [6, 6.07) is 5.41. The molecule has 0 saturated heterocycles. The number of rotatable bonds is 2. The quantitative estimate of drug-likeness (QED) is 0.771. The summed E-state index contributed by atoms with van der Waals surface area (Å²) in [7, 11) is 1.54. The maximum atomic E-state index is 13.3. The summed E-state index contributed by atoms with van der Waals surface area (Å²) in [6.45, 7) is 1.73. The molecular weight excluding hydrogens is 183 g/mol. The van der Waals surface area contributed by atoms with Crippen LogP contribution in [0.25, 0.3) is 0 Å². The Morgan fingerprint density at radius 2 is 2.07 bits per heavy atom. The standard InChI is InChI=1S/C10H13FN2O/c1-7(13(2)10(12)14)8-5-3-4-6-9(8)11/h3-7H,1-2H3,(H2,12,14). The zero-order chi connectivity index (χ0) is 10.7. The third-order valence-electron chi connectivity index (χ3n) is 2.28. The van der Waals surface area contributed by atoms with E-state index in [4.69, 9.17) is 5.73 Å². The van der Waals surface area contributed by atoms with Crippen molar-refractivity contribution >= 4 is 6.03 Å². The Morgan fingerprint density at radius 3 is 2.57 bits per heavy atom. The van der Waals surface area contributed by atoms with Crippen molar-refractivity contribution in [3.05, 3.63) is 35.6 Å². The Morgan fingerprint density at radius 1 is 1.50 bits per heavy atom. The average molecular weight is 196 g/mol. The second-order valence-electron chi connectivity index (χ2n) is 3.15. The van der Waals surface area contributed by atoms with E-state index in [2.05, 4.69) is 0 Å². The zero-order valence-corrected chi connectivity index (χ0v) is 8.20. The van der Waals surface area contributed by atoms with Gasteiger partial charge in [0.05, 0.1) is 6.04 Å². The van der Waals surface area contributed by atoms with Crippen LogP contribution in [0.15, 0.2) is 24.3 Å². The number of urea groups is 1. The lowest BCUT2D eigenvalue weighted by molar-refractivity contribution is 0.203. The number of amides is 2. The predicted octanol–water partition coefficient (Wildman–Crippen LogP) is 1.90. The van der Waals surface area contributed by atoms with Gasteiger partial charge in [0.25, 0.3) is 0 Å². The van der Waals surface area contributed by atoms with E-state index in [-0.39, 0.29) is 11.9 Å². The molecule has 2 amide bonds. The monoisotopic (exact) mass is 196 g/mol. The van der Waals surface area contributed by atoms with Crippen LogP contribution in [0.3, 0.4) is 0 Å². The molecule has 0 aromatic heterocycles. The van der Waals surface area contributed by atoms with Gasteiger partial charge in [-0.15, -0.1) is 0 Å². The van der Waals surface area contributed by atoms with Gasteiger partial charge in [-0.25, -0.2) is 9.18 Å². The minimum Gasteiger partial charge on any atom is -0.351 e. The summed E-state index contributed by atoms with van der Waals surface area (Å²) in [6.07, 6.45) is 0. The molecule has 14 heavy (non-hydrogen) atoms. The lowest BCUT2D eigenvalue weighted by Crippen LogP contribution is -2.34. The van der Waals surface area contributed by atoms with Gasteiger partial charge in [-0.05, 0) is 13.0 Å². The maximum Gasteiger partial charge on any atom is 0.315 e. The zero-order valence-electron chi connectivity index (χ0n) is 8.20. The van der Waals surface area contributed by atoms with E-state index in [0.717, 1.165) is 0 Å². The Bertz CT molecular complexity index is 341. The lowest BCUT2D eigenvalue weighted by Gasteiger charge is -2.23. The maximum absolute atomic E-state index is 13.3. The van der Waals surface area contributed by atoms with Gasteiger partial charge in [0, 0.05) is 12.6 Å². The minimum absolute atomic E-state index is 0.326. The molecule has 3 nitrogen and oxygen atoms in total. The van der Waals surface area contributed by atoms with Gasteiger partial charge in [0.15, 0.2) is 0 Å². The number of carbonyl (C=O) groups is 1. The molecule has 1 unspecified atom stereocenters. The highest BCUT2D eigenvalue weighted by atomic mass is 19.1. The Labute approximate surface area is 82.3 Å². The lowest BCUT2D eigenvalue weighted by atomic mass is 10.1. The van der Waals surface area contributed by atoms with E-state index < -0.39 is 6.03 Å². The number of hydrogen-bond acceptors (Lipinski definition) is 1. The molecule has 0 bridgehead atoms. The second-order valence-corrected chi connectivity index (χ2v) is 3.15. The van der Waals surface area contributed by atoms with Gasteiger partial charge in [0.1, 0.15) is 5.82 Å². The Balaban J connectivity index is 2.94. The fourth-order valence-corrected chi connectivity index (χ4v) is 1.21. The molecule has 1 rings (SSSR count). The molecule has 0 spiro atoms. The first-order chi connectivity index (χ1) is 6.54. The van der Waals surface area contributed by atoms with Crippen LogP contribution in [-0.4, -0.2) is 18.0 Å². The molecule has 0 heterocycles. The van der Waals surface area contributed by atoms with E-state index >= 15 is 0 Å². The third-order valence-corrected chi connectivity index (χ3v) is 2.28. The van der Waals surface area contributed by atoms with Crippen molar-refractivity contribution < 1.29 is 9.18 Å². The molecule has 0 aliphatic rings. The smallest absolute Gasteiger partial charge is 0.315 e. The van der Waals surface area contributed by atoms with Crippen molar-refractivity contribution in [2.45, 2.75) is 13.0 Å². The molecule has 0 saturated carbocycles. The molecule has 0 fully saturated rings. The molecule has 2 N–H and O–H groups in total. The summed E-state index contributed by atoms with van der Waals surface area (Å²) in [5.74, 6) is -0.326. The van der Waals surface area contributed by atoms with E-state index in [9.17, 15) is 9.18 Å². The molecule has 0 radical (unpaired) electrons. The minimum atomic E-state index is -0.569. The van der Waals surface area contributed by atoms with Crippen LogP contribution >= 0.6 is 0 Å². The van der Waals surface area contributed by atoms with E-state index in [1.807, 2.05) is 0 Å². The molecular formula is C10H13FN2O. The molecule has 1 aromatic rings. The van der Waals surface area contributed by atoms with Crippen LogP contribution in [0.1, 0.15) is 18.5 Å². The summed E-state index contributed by atoms with van der Waals surface area (Å²) >= 11 is 0. The van der Waals surface area contributed by atoms with Crippen molar-refractivity contribution in [2.24, 2.45) is 5.73 Å². The summed E-state index contributed by atoms with van der Waals surface area (Å²) in [5.41, 5.74) is 5.56. The topological polar surface area (TPSA) is 46.3 Å². The largest absolute Gasteiger partial charge is 0.351 e. The summed E-state index contributed by atoms with van der Waals surface area (Å²) < 4.78 is 13.3. The van der Waals surface area contributed by atoms with Crippen LogP contribution in [0.4, 0.5) is 9.18 Å². The number of benzene rings is 1. The SMILES string of the molecule is CC(c1ccccc1F)N(C)C(N)=O. The first-order valence-corrected chi connectivity index (χ1v) is 4.30. The number of nitrogens with zero attached hydrogens (tertiary/aromatic N) is 1. The fraction of sp³-hybridized carbons (Fsp3) is 0.300. The van der Waals surface area contributed by atoms with Crippen LogP contribution in [-0.2, 0) is 0 Å². The highest BCUT2D eigenvalue weighted by Crippen LogP contribution is 2.20. The number of primary amides is 1. The Hall–Kier alpha value is -1.58. The highest BCUT2D eigenvalue weighted by molar-refractivity contribution is 5.72. The molecule has 0 aliphatic carbocycles. The normalized spacial score (nSPS) is 12.2. The van der Waals surface area contributed by atoms with Gasteiger partial charge < -0.3 is 10.6 Å². The number of hydrogen-bond donors (Lipinski definition) is 1. The number of nitrogens with two attached hydrogens (primary N) is 1. The second kappa shape index (κ2) is 4.09. The molecule has 0 aliphatic heterocycles. The van der Waals surface area contributed by atoms with Crippen LogP contribution < -0.4 is 5.73 Å². The van der Waals surface area contributed by atoms with Crippen molar-refractivity contribution in [1.82, 2.24) is 4.90 Å². The third kappa shape index (κ3) is 2.02. The molecule has 76 valence electrons. The number of carbonyl (C=O) groups excluding carboxylic acids is 1. The van der Waals surface area contributed by atoms with Crippen molar-refractivity contribution in [3.63, 3.8) is 0 Å². The average Bonchev–Trinajstić information content (AvgIpc) is 2.16. The molecule has 1 aromatic carbocycles. The number of halogens is 1. The predicted molar refractivity (Wildman–Crippen MR) is 52.2 cm³/mol. The van der Waals surface area contributed by atoms with Gasteiger partial charge >= 0.3 is 6.03 Å².